The van der Waals surface area contributed by atoms with Crippen molar-refractivity contribution in [2.24, 2.45) is 4.99 Å². The van der Waals surface area contributed by atoms with E-state index in [-0.39, 0.29) is 0 Å². The first-order chi connectivity index (χ1) is 11.7. The van der Waals surface area contributed by atoms with Gasteiger partial charge in [0.05, 0.1) is 13.2 Å². The standard InChI is InChI=1S/C17H26Cl2N4O/c1-20-17(22-7-8-23-9-11-24-12-10-23)21-6-2-3-14-4-5-15(18)13-16(14)19/h4-5,13H,2-3,6-12H2,1H3,(H2,20,21,22). The Hall–Kier alpha value is -1.01. The molecule has 0 aliphatic carbocycles. The van der Waals surface area contributed by atoms with Crippen molar-refractivity contribution in [3.8, 4) is 0 Å². The van der Waals surface area contributed by atoms with Crippen LogP contribution in [0.2, 0.25) is 10.0 Å². The van der Waals surface area contributed by atoms with Gasteiger partial charge >= 0.3 is 0 Å². The smallest absolute Gasteiger partial charge is 0.191 e. The van der Waals surface area contributed by atoms with Gasteiger partial charge in [0.25, 0.3) is 0 Å². The molecule has 1 aliphatic heterocycles. The summed E-state index contributed by atoms with van der Waals surface area (Å²) in [4.78, 5) is 6.65. The van der Waals surface area contributed by atoms with Crippen molar-refractivity contribution in [1.82, 2.24) is 15.5 Å². The first kappa shape index (κ1) is 19.3. The average Bonchev–Trinajstić information content (AvgIpc) is 2.59. The zero-order valence-corrected chi connectivity index (χ0v) is 15.7. The minimum Gasteiger partial charge on any atom is -0.379 e. The van der Waals surface area contributed by atoms with E-state index < -0.39 is 0 Å². The maximum absolute atomic E-state index is 6.19. The summed E-state index contributed by atoms with van der Waals surface area (Å²) in [5, 5.41) is 8.09. The molecule has 0 radical (unpaired) electrons. The van der Waals surface area contributed by atoms with Crippen LogP contribution in [0.3, 0.4) is 0 Å². The van der Waals surface area contributed by atoms with Crippen molar-refractivity contribution in [3.63, 3.8) is 0 Å². The Morgan fingerprint density at radius 3 is 2.67 bits per heavy atom. The molecule has 1 saturated heterocycles. The summed E-state index contributed by atoms with van der Waals surface area (Å²) >= 11 is 12.1. The molecule has 7 heteroatoms. The van der Waals surface area contributed by atoms with Gasteiger partial charge in [-0.25, -0.2) is 0 Å². The summed E-state index contributed by atoms with van der Waals surface area (Å²) in [5.41, 5.74) is 1.12. The fourth-order valence-electron chi connectivity index (χ4n) is 2.59. The molecule has 0 aromatic heterocycles. The van der Waals surface area contributed by atoms with E-state index in [0.29, 0.717) is 5.02 Å². The highest BCUT2D eigenvalue weighted by Crippen LogP contribution is 2.21. The highest BCUT2D eigenvalue weighted by Gasteiger charge is 2.09. The molecule has 134 valence electrons. The zero-order valence-electron chi connectivity index (χ0n) is 14.2. The number of nitrogens with zero attached hydrogens (tertiary/aromatic N) is 2. The Morgan fingerprint density at radius 2 is 1.96 bits per heavy atom. The first-order valence-electron chi connectivity index (χ1n) is 8.37. The lowest BCUT2D eigenvalue weighted by molar-refractivity contribution is 0.0389. The molecule has 2 rings (SSSR count). The molecule has 0 spiro atoms. The average molecular weight is 373 g/mol. The Morgan fingerprint density at radius 1 is 1.21 bits per heavy atom. The molecule has 1 heterocycles. The summed E-state index contributed by atoms with van der Waals surface area (Å²) < 4.78 is 5.35. The molecule has 5 nitrogen and oxygen atoms in total. The molecule has 0 saturated carbocycles. The van der Waals surface area contributed by atoms with Crippen LogP contribution in [-0.2, 0) is 11.2 Å². The number of rotatable bonds is 7. The number of guanidine groups is 1. The quantitative estimate of drug-likeness (QED) is 0.438. The SMILES string of the molecule is CN=C(NCCCc1ccc(Cl)cc1Cl)NCCN1CCOCC1. The normalized spacial score (nSPS) is 16.2. The molecule has 0 amide bonds. The van der Waals surface area contributed by atoms with Crippen molar-refractivity contribution in [3.05, 3.63) is 33.8 Å². The van der Waals surface area contributed by atoms with Crippen LogP contribution in [-0.4, -0.2) is 63.8 Å². The molecule has 0 atom stereocenters. The van der Waals surface area contributed by atoms with Crippen LogP contribution < -0.4 is 10.6 Å². The van der Waals surface area contributed by atoms with Crippen LogP contribution >= 0.6 is 23.2 Å². The number of ether oxygens (including phenoxy) is 1. The molecule has 1 aromatic rings. The Labute approximate surface area is 154 Å². The number of hydrogen-bond donors (Lipinski definition) is 2. The van der Waals surface area contributed by atoms with Gasteiger partial charge in [0.1, 0.15) is 0 Å². The van der Waals surface area contributed by atoms with Gasteiger partial charge in [0.15, 0.2) is 5.96 Å². The van der Waals surface area contributed by atoms with Crippen LogP contribution in [0, 0.1) is 0 Å². The van der Waals surface area contributed by atoms with Gasteiger partial charge in [-0.1, -0.05) is 29.3 Å². The van der Waals surface area contributed by atoms with Crippen molar-refractivity contribution >= 4 is 29.2 Å². The first-order valence-corrected chi connectivity index (χ1v) is 9.13. The molecule has 1 aromatic carbocycles. The van der Waals surface area contributed by atoms with Gasteiger partial charge in [0.2, 0.25) is 0 Å². The van der Waals surface area contributed by atoms with Gasteiger partial charge in [0, 0.05) is 49.8 Å². The predicted octanol–water partition coefficient (Wildman–Crippen LogP) is 2.42. The summed E-state index contributed by atoms with van der Waals surface area (Å²) in [6.07, 6.45) is 1.89. The number of morpholine rings is 1. The lowest BCUT2D eigenvalue weighted by atomic mass is 10.1. The third kappa shape index (κ3) is 6.85. The van der Waals surface area contributed by atoms with Crippen molar-refractivity contribution < 1.29 is 4.74 Å². The lowest BCUT2D eigenvalue weighted by Gasteiger charge is -2.26. The van der Waals surface area contributed by atoms with Crippen molar-refractivity contribution in [2.45, 2.75) is 12.8 Å². The van der Waals surface area contributed by atoms with Crippen LogP contribution in [0.1, 0.15) is 12.0 Å². The van der Waals surface area contributed by atoms with E-state index in [1.165, 1.54) is 0 Å². The molecule has 0 unspecified atom stereocenters. The lowest BCUT2D eigenvalue weighted by Crippen LogP contribution is -2.44. The number of hydrogen-bond acceptors (Lipinski definition) is 3. The number of halogens is 2. The van der Waals surface area contributed by atoms with E-state index >= 15 is 0 Å². The van der Waals surface area contributed by atoms with Crippen LogP contribution in [0.5, 0.6) is 0 Å². The zero-order chi connectivity index (χ0) is 17.2. The second kappa shape index (κ2) is 10.8. The maximum Gasteiger partial charge on any atom is 0.191 e. The Kier molecular flexibility index (Phi) is 8.67. The number of aliphatic imine (C=N–C) groups is 1. The van der Waals surface area contributed by atoms with Crippen LogP contribution in [0.4, 0.5) is 0 Å². The van der Waals surface area contributed by atoms with Gasteiger partial charge in [-0.3, -0.25) is 9.89 Å². The predicted molar refractivity (Wildman–Crippen MR) is 101 cm³/mol. The molecule has 2 N–H and O–H groups in total. The van der Waals surface area contributed by atoms with Crippen molar-refractivity contribution in [1.29, 1.82) is 0 Å². The van der Waals surface area contributed by atoms with E-state index in [4.69, 9.17) is 27.9 Å². The van der Waals surface area contributed by atoms with Crippen LogP contribution in [0.25, 0.3) is 0 Å². The van der Waals surface area contributed by atoms with E-state index in [1.54, 1.807) is 13.1 Å². The topological polar surface area (TPSA) is 48.9 Å². The maximum atomic E-state index is 6.19. The molecule has 1 fully saturated rings. The molecular formula is C17H26Cl2N4O. The Bertz CT molecular complexity index is 533. The van der Waals surface area contributed by atoms with Gasteiger partial charge in [-0.2, -0.15) is 0 Å². The second-order valence-electron chi connectivity index (χ2n) is 5.72. The second-order valence-corrected chi connectivity index (χ2v) is 6.56. The minimum absolute atomic E-state index is 0.673. The van der Waals surface area contributed by atoms with E-state index in [1.807, 2.05) is 12.1 Å². The van der Waals surface area contributed by atoms with Crippen molar-refractivity contribution in [2.75, 3.05) is 53.0 Å². The summed E-state index contributed by atoms with van der Waals surface area (Å²) in [6, 6.07) is 5.65. The number of benzene rings is 1. The molecular weight excluding hydrogens is 347 g/mol. The summed E-state index contributed by atoms with van der Waals surface area (Å²) in [6.45, 7) is 6.41. The Balaban J connectivity index is 1.60. The summed E-state index contributed by atoms with van der Waals surface area (Å²) in [7, 11) is 1.79. The highest BCUT2D eigenvalue weighted by atomic mass is 35.5. The number of nitrogens with one attached hydrogen (secondary N) is 2. The third-order valence-electron chi connectivity index (χ3n) is 3.98. The van der Waals surface area contributed by atoms with Gasteiger partial charge in [-0.15, -0.1) is 0 Å². The van der Waals surface area contributed by atoms with E-state index in [2.05, 4.69) is 20.5 Å². The van der Waals surface area contributed by atoms with E-state index in [0.717, 1.165) is 75.3 Å². The molecule has 24 heavy (non-hydrogen) atoms. The number of aryl methyl sites for hydroxylation is 1. The largest absolute Gasteiger partial charge is 0.379 e. The fourth-order valence-corrected chi connectivity index (χ4v) is 3.09. The van der Waals surface area contributed by atoms with Gasteiger partial charge < -0.3 is 15.4 Å². The third-order valence-corrected chi connectivity index (χ3v) is 4.57. The monoisotopic (exact) mass is 372 g/mol. The highest BCUT2D eigenvalue weighted by molar-refractivity contribution is 6.35. The fraction of sp³-hybridized carbons (Fsp3) is 0.588. The summed E-state index contributed by atoms with van der Waals surface area (Å²) in [5.74, 6) is 0.838. The van der Waals surface area contributed by atoms with Crippen LogP contribution in [0.15, 0.2) is 23.2 Å². The minimum atomic E-state index is 0.673. The molecule has 1 aliphatic rings. The van der Waals surface area contributed by atoms with E-state index in [9.17, 15) is 0 Å². The van der Waals surface area contributed by atoms with Gasteiger partial charge in [-0.05, 0) is 30.5 Å². The molecule has 0 bridgehead atoms.